The molecule has 2 amide bonds. The first-order chi connectivity index (χ1) is 10.6. The van der Waals surface area contributed by atoms with Gasteiger partial charge < -0.3 is 16.0 Å². The molecule has 1 aromatic carbocycles. The highest BCUT2D eigenvalue weighted by Crippen LogP contribution is 2.27. The molecule has 118 valence electrons. The molecule has 0 unspecified atom stereocenters. The SMILES string of the molecule is NC(=O)c1ccc(C(=O)NC2CCN(C3CCC3)CC2)cc1. The van der Waals surface area contributed by atoms with E-state index in [1.165, 1.54) is 19.3 Å². The van der Waals surface area contributed by atoms with Crippen LogP contribution in [0.5, 0.6) is 0 Å². The summed E-state index contributed by atoms with van der Waals surface area (Å²) in [6.45, 7) is 2.16. The maximum Gasteiger partial charge on any atom is 0.251 e. The Balaban J connectivity index is 1.50. The molecular weight excluding hydrogens is 278 g/mol. The van der Waals surface area contributed by atoms with Crippen LogP contribution in [-0.2, 0) is 0 Å². The van der Waals surface area contributed by atoms with E-state index in [-0.39, 0.29) is 11.9 Å². The van der Waals surface area contributed by atoms with Gasteiger partial charge in [0.2, 0.25) is 5.91 Å². The lowest BCUT2D eigenvalue weighted by Crippen LogP contribution is -2.49. The second-order valence-electron chi connectivity index (χ2n) is 6.31. The molecule has 2 aliphatic rings. The topological polar surface area (TPSA) is 75.4 Å². The molecule has 1 aliphatic heterocycles. The van der Waals surface area contributed by atoms with Crippen LogP contribution in [0.3, 0.4) is 0 Å². The van der Waals surface area contributed by atoms with Gasteiger partial charge in [0, 0.05) is 36.3 Å². The number of carbonyl (C=O) groups excluding carboxylic acids is 2. The van der Waals surface area contributed by atoms with Crippen molar-refractivity contribution in [3.63, 3.8) is 0 Å². The van der Waals surface area contributed by atoms with Crippen molar-refractivity contribution >= 4 is 11.8 Å². The molecule has 0 aromatic heterocycles. The van der Waals surface area contributed by atoms with Crippen molar-refractivity contribution in [2.45, 2.75) is 44.2 Å². The minimum Gasteiger partial charge on any atom is -0.366 e. The number of primary amides is 1. The summed E-state index contributed by atoms with van der Waals surface area (Å²) in [7, 11) is 0. The molecule has 2 fully saturated rings. The first-order valence-corrected chi connectivity index (χ1v) is 8.08. The first kappa shape index (κ1) is 15.0. The fourth-order valence-corrected chi connectivity index (χ4v) is 3.22. The van der Waals surface area contributed by atoms with Crippen molar-refractivity contribution in [3.8, 4) is 0 Å². The van der Waals surface area contributed by atoms with Gasteiger partial charge in [0.15, 0.2) is 0 Å². The molecule has 0 atom stereocenters. The molecule has 1 saturated carbocycles. The molecule has 0 spiro atoms. The van der Waals surface area contributed by atoms with Crippen LogP contribution in [0.15, 0.2) is 24.3 Å². The summed E-state index contributed by atoms with van der Waals surface area (Å²) in [6, 6.07) is 7.53. The number of piperidine rings is 1. The van der Waals surface area contributed by atoms with Gasteiger partial charge in [-0.1, -0.05) is 6.42 Å². The number of benzene rings is 1. The van der Waals surface area contributed by atoms with E-state index in [4.69, 9.17) is 5.73 Å². The average molecular weight is 301 g/mol. The number of nitrogens with one attached hydrogen (secondary N) is 1. The van der Waals surface area contributed by atoms with E-state index < -0.39 is 5.91 Å². The Labute approximate surface area is 130 Å². The number of nitrogens with two attached hydrogens (primary N) is 1. The van der Waals surface area contributed by atoms with Crippen LogP contribution < -0.4 is 11.1 Å². The lowest BCUT2D eigenvalue weighted by molar-refractivity contribution is 0.0800. The zero-order valence-corrected chi connectivity index (χ0v) is 12.8. The van der Waals surface area contributed by atoms with Gasteiger partial charge in [-0.05, 0) is 49.9 Å². The molecule has 5 nitrogen and oxygen atoms in total. The zero-order chi connectivity index (χ0) is 15.5. The number of likely N-dealkylation sites (tertiary alicyclic amines) is 1. The maximum atomic E-state index is 12.2. The van der Waals surface area contributed by atoms with Crippen molar-refractivity contribution in [1.29, 1.82) is 0 Å². The van der Waals surface area contributed by atoms with Crippen LogP contribution in [0.25, 0.3) is 0 Å². The predicted octanol–water partition coefficient (Wildman–Crippen LogP) is 1.53. The third-order valence-electron chi connectivity index (χ3n) is 4.89. The van der Waals surface area contributed by atoms with Crippen molar-refractivity contribution in [2.75, 3.05) is 13.1 Å². The van der Waals surface area contributed by atoms with E-state index in [9.17, 15) is 9.59 Å². The third kappa shape index (κ3) is 3.30. The van der Waals surface area contributed by atoms with Gasteiger partial charge in [-0.15, -0.1) is 0 Å². The van der Waals surface area contributed by atoms with E-state index in [2.05, 4.69) is 10.2 Å². The second-order valence-corrected chi connectivity index (χ2v) is 6.31. The van der Waals surface area contributed by atoms with Crippen LogP contribution in [0.1, 0.15) is 52.8 Å². The molecule has 3 rings (SSSR count). The van der Waals surface area contributed by atoms with Crippen LogP contribution in [0.2, 0.25) is 0 Å². The number of rotatable bonds is 4. The largest absolute Gasteiger partial charge is 0.366 e. The molecule has 0 radical (unpaired) electrons. The third-order valence-corrected chi connectivity index (χ3v) is 4.89. The Morgan fingerprint density at radius 2 is 1.59 bits per heavy atom. The lowest BCUT2D eigenvalue weighted by Gasteiger charge is -2.41. The van der Waals surface area contributed by atoms with Gasteiger partial charge >= 0.3 is 0 Å². The number of carbonyl (C=O) groups is 2. The highest BCUT2D eigenvalue weighted by molar-refractivity contribution is 5.97. The summed E-state index contributed by atoms with van der Waals surface area (Å²) < 4.78 is 0. The number of hydrogen-bond acceptors (Lipinski definition) is 3. The molecule has 1 aromatic rings. The highest BCUT2D eigenvalue weighted by atomic mass is 16.2. The summed E-state index contributed by atoms with van der Waals surface area (Å²) in [5.74, 6) is -0.548. The smallest absolute Gasteiger partial charge is 0.251 e. The second kappa shape index (κ2) is 6.48. The Morgan fingerprint density at radius 3 is 2.09 bits per heavy atom. The van der Waals surface area contributed by atoms with Gasteiger partial charge in [-0.2, -0.15) is 0 Å². The summed E-state index contributed by atoms with van der Waals surface area (Å²) >= 11 is 0. The van der Waals surface area contributed by atoms with Gasteiger partial charge in [-0.3, -0.25) is 9.59 Å². The number of nitrogens with zero attached hydrogens (tertiary/aromatic N) is 1. The fourth-order valence-electron chi connectivity index (χ4n) is 3.22. The molecule has 3 N–H and O–H groups in total. The zero-order valence-electron chi connectivity index (χ0n) is 12.8. The van der Waals surface area contributed by atoms with Crippen molar-refractivity contribution in [2.24, 2.45) is 5.73 Å². The van der Waals surface area contributed by atoms with E-state index in [0.717, 1.165) is 32.0 Å². The molecule has 5 heteroatoms. The fraction of sp³-hybridized carbons (Fsp3) is 0.529. The highest BCUT2D eigenvalue weighted by Gasteiger charge is 2.29. The summed E-state index contributed by atoms with van der Waals surface area (Å²) in [5.41, 5.74) is 6.20. The van der Waals surface area contributed by atoms with E-state index in [1.807, 2.05) is 0 Å². The van der Waals surface area contributed by atoms with Crippen LogP contribution in [0.4, 0.5) is 0 Å². The van der Waals surface area contributed by atoms with Crippen molar-refractivity contribution in [3.05, 3.63) is 35.4 Å². The molecular formula is C17H23N3O2. The predicted molar refractivity (Wildman–Crippen MR) is 84.7 cm³/mol. The Hall–Kier alpha value is -1.88. The normalized spacial score (nSPS) is 20.4. The van der Waals surface area contributed by atoms with Crippen LogP contribution in [-0.4, -0.2) is 41.9 Å². The molecule has 1 saturated heterocycles. The summed E-state index contributed by atoms with van der Waals surface area (Å²) in [4.78, 5) is 25.8. The average Bonchev–Trinajstić information content (AvgIpc) is 2.47. The van der Waals surface area contributed by atoms with Gasteiger partial charge in [0.05, 0.1) is 0 Å². The summed E-state index contributed by atoms with van der Waals surface area (Å²) in [5, 5.41) is 3.10. The maximum absolute atomic E-state index is 12.2. The van der Waals surface area contributed by atoms with E-state index >= 15 is 0 Å². The van der Waals surface area contributed by atoms with Crippen LogP contribution in [0, 0.1) is 0 Å². The molecule has 0 bridgehead atoms. The standard InChI is InChI=1S/C17H23N3O2/c18-16(21)12-4-6-13(7-5-12)17(22)19-14-8-10-20(11-9-14)15-2-1-3-15/h4-7,14-15H,1-3,8-11H2,(H2,18,21)(H,19,22). The monoisotopic (exact) mass is 301 g/mol. The number of hydrogen-bond donors (Lipinski definition) is 2. The van der Waals surface area contributed by atoms with Gasteiger partial charge in [0.1, 0.15) is 0 Å². The Kier molecular flexibility index (Phi) is 4.43. The number of amides is 2. The van der Waals surface area contributed by atoms with E-state index in [0.29, 0.717) is 11.1 Å². The molecule has 1 heterocycles. The molecule has 1 aliphatic carbocycles. The molecule has 22 heavy (non-hydrogen) atoms. The lowest BCUT2D eigenvalue weighted by atomic mass is 9.89. The van der Waals surface area contributed by atoms with Crippen molar-refractivity contribution < 1.29 is 9.59 Å². The van der Waals surface area contributed by atoms with E-state index in [1.54, 1.807) is 24.3 Å². The quantitative estimate of drug-likeness (QED) is 0.885. The minimum atomic E-state index is -0.477. The Morgan fingerprint density at radius 1 is 1.00 bits per heavy atom. The van der Waals surface area contributed by atoms with Gasteiger partial charge in [0.25, 0.3) is 5.91 Å². The Bertz CT molecular complexity index is 544. The first-order valence-electron chi connectivity index (χ1n) is 8.08. The summed E-state index contributed by atoms with van der Waals surface area (Å²) in [6.07, 6.45) is 6.07. The van der Waals surface area contributed by atoms with Crippen molar-refractivity contribution in [1.82, 2.24) is 10.2 Å². The minimum absolute atomic E-state index is 0.0712. The van der Waals surface area contributed by atoms with Gasteiger partial charge in [-0.25, -0.2) is 0 Å². The van der Waals surface area contributed by atoms with Crippen LogP contribution >= 0.6 is 0 Å².